The fourth-order valence-electron chi connectivity index (χ4n) is 4.76. The van der Waals surface area contributed by atoms with Crippen molar-refractivity contribution >= 4 is 45.4 Å². The number of fused-ring (bicyclic) bond motifs is 2. The van der Waals surface area contributed by atoms with Gasteiger partial charge in [-0.15, -0.1) is 0 Å². The standard InChI is InChI=1S/C22H22ClN7S/c1-2-12-7-14-17(18(12)23)20(30-6-3-22(11-30)9-16(22)24)29-21(28-14)31-13-8-15-19(27-10-13)26-5-4-25-15/h4-5,8,10,16H,2-3,6-7,9,11,24H2,1H3. The Balaban J connectivity index is 1.39. The van der Waals surface area contributed by atoms with Crippen LogP contribution in [-0.2, 0) is 6.42 Å². The average molecular weight is 452 g/mol. The van der Waals surface area contributed by atoms with E-state index in [0.29, 0.717) is 16.8 Å². The number of hydrogen-bond acceptors (Lipinski definition) is 8. The predicted octanol–water partition coefficient (Wildman–Crippen LogP) is 3.81. The smallest absolute Gasteiger partial charge is 0.194 e. The second-order valence-corrected chi connectivity index (χ2v) is 10.0. The van der Waals surface area contributed by atoms with E-state index in [-0.39, 0.29) is 5.41 Å². The molecule has 6 rings (SSSR count). The number of nitrogens with zero attached hydrogens (tertiary/aromatic N) is 6. The summed E-state index contributed by atoms with van der Waals surface area (Å²) in [6.07, 6.45) is 9.04. The first kappa shape index (κ1) is 19.4. The molecule has 1 saturated heterocycles. The lowest BCUT2D eigenvalue weighted by atomic mass is 10.1. The Morgan fingerprint density at radius 1 is 1.26 bits per heavy atom. The molecule has 2 N–H and O–H groups in total. The summed E-state index contributed by atoms with van der Waals surface area (Å²) in [6, 6.07) is 2.29. The van der Waals surface area contributed by atoms with Gasteiger partial charge in [0.1, 0.15) is 11.3 Å². The Morgan fingerprint density at radius 2 is 2.10 bits per heavy atom. The highest BCUT2D eigenvalue weighted by Gasteiger charge is 2.56. The van der Waals surface area contributed by atoms with E-state index >= 15 is 0 Å². The SMILES string of the molecule is CCC1=C(Cl)c2c(nc(Sc3cnc4nccnc4c3)nc2N2CCC3(CC3N)C2)C1. The number of nitrogens with two attached hydrogens (primary N) is 1. The highest BCUT2D eigenvalue weighted by Crippen LogP contribution is 2.53. The van der Waals surface area contributed by atoms with Crippen LogP contribution in [0.4, 0.5) is 5.82 Å². The molecule has 2 atom stereocenters. The summed E-state index contributed by atoms with van der Waals surface area (Å²) in [5.41, 5.74) is 11.2. The van der Waals surface area contributed by atoms with Gasteiger partial charge in [-0.25, -0.2) is 19.9 Å². The largest absolute Gasteiger partial charge is 0.355 e. The minimum atomic E-state index is 0.258. The van der Waals surface area contributed by atoms with E-state index in [9.17, 15) is 0 Å². The third kappa shape index (κ3) is 3.20. The van der Waals surface area contributed by atoms with Gasteiger partial charge >= 0.3 is 0 Å². The number of pyridine rings is 1. The fraction of sp³-hybridized carbons (Fsp3) is 0.409. The molecule has 3 aromatic rings. The van der Waals surface area contributed by atoms with Crippen LogP contribution in [0.3, 0.4) is 0 Å². The number of halogens is 1. The first-order valence-corrected chi connectivity index (χ1v) is 11.8. The van der Waals surface area contributed by atoms with Crippen LogP contribution in [0.15, 0.2) is 40.3 Å². The molecule has 2 aliphatic carbocycles. The summed E-state index contributed by atoms with van der Waals surface area (Å²) in [4.78, 5) is 26.2. The molecule has 2 unspecified atom stereocenters. The molecule has 0 radical (unpaired) electrons. The molecule has 1 aliphatic heterocycles. The molecule has 0 amide bonds. The molecular weight excluding hydrogens is 430 g/mol. The Morgan fingerprint density at radius 3 is 2.87 bits per heavy atom. The summed E-state index contributed by atoms with van der Waals surface area (Å²) in [7, 11) is 0. The maximum atomic E-state index is 6.80. The van der Waals surface area contributed by atoms with Crippen molar-refractivity contribution in [1.82, 2.24) is 24.9 Å². The lowest BCUT2D eigenvalue weighted by molar-refractivity contribution is 0.553. The third-order valence-corrected chi connectivity index (χ3v) is 8.01. The van der Waals surface area contributed by atoms with E-state index in [0.717, 1.165) is 71.3 Å². The van der Waals surface area contributed by atoms with Gasteiger partial charge in [0.25, 0.3) is 0 Å². The van der Waals surface area contributed by atoms with Crippen molar-refractivity contribution in [3.8, 4) is 0 Å². The fourth-order valence-corrected chi connectivity index (χ4v) is 5.93. The van der Waals surface area contributed by atoms with E-state index in [4.69, 9.17) is 27.3 Å². The zero-order valence-electron chi connectivity index (χ0n) is 17.2. The first-order valence-electron chi connectivity index (χ1n) is 10.6. The Kier molecular flexibility index (Phi) is 4.45. The van der Waals surface area contributed by atoms with Crippen molar-refractivity contribution in [3.05, 3.63) is 41.5 Å². The van der Waals surface area contributed by atoms with Crippen LogP contribution in [0.5, 0.6) is 0 Å². The molecule has 3 aliphatic rings. The second kappa shape index (κ2) is 7.12. The van der Waals surface area contributed by atoms with E-state index in [1.807, 2.05) is 6.07 Å². The topological polar surface area (TPSA) is 93.7 Å². The van der Waals surface area contributed by atoms with E-state index in [1.165, 1.54) is 17.3 Å². The molecule has 3 aromatic heterocycles. The van der Waals surface area contributed by atoms with Crippen molar-refractivity contribution in [2.24, 2.45) is 11.1 Å². The summed E-state index contributed by atoms with van der Waals surface area (Å²) in [6.45, 7) is 4.04. The number of hydrogen-bond donors (Lipinski definition) is 1. The molecular formula is C22H22ClN7S. The molecule has 0 bridgehead atoms. The van der Waals surface area contributed by atoms with Gasteiger partial charge in [0.15, 0.2) is 10.8 Å². The second-order valence-electron chi connectivity index (χ2n) is 8.62. The Hall–Kier alpha value is -2.29. The van der Waals surface area contributed by atoms with E-state index < -0.39 is 0 Å². The molecule has 31 heavy (non-hydrogen) atoms. The van der Waals surface area contributed by atoms with Crippen molar-refractivity contribution < 1.29 is 0 Å². The van der Waals surface area contributed by atoms with Crippen molar-refractivity contribution in [1.29, 1.82) is 0 Å². The van der Waals surface area contributed by atoms with Crippen LogP contribution in [0.1, 0.15) is 37.4 Å². The van der Waals surface area contributed by atoms with E-state index in [1.54, 1.807) is 18.6 Å². The minimum Gasteiger partial charge on any atom is -0.355 e. The normalized spacial score (nSPS) is 24.5. The number of rotatable bonds is 4. The summed E-state index contributed by atoms with van der Waals surface area (Å²) < 4.78 is 0. The van der Waals surface area contributed by atoms with Crippen LogP contribution in [-0.4, -0.2) is 44.1 Å². The van der Waals surface area contributed by atoms with Gasteiger partial charge < -0.3 is 10.6 Å². The highest BCUT2D eigenvalue weighted by atomic mass is 35.5. The maximum absolute atomic E-state index is 6.80. The van der Waals surface area contributed by atoms with Gasteiger partial charge in [-0.3, -0.25) is 4.98 Å². The zero-order valence-corrected chi connectivity index (χ0v) is 18.7. The Labute approximate surface area is 189 Å². The van der Waals surface area contributed by atoms with Gasteiger partial charge in [0.05, 0.1) is 16.3 Å². The van der Waals surface area contributed by atoms with Crippen LogP contribution in [0, 0.1) is 5.41 Å². The van der Waals surface area contributed by atoms with Gasteiger partial charge in [-0.2, -0.15) is 0 Å². The summed E-state index contributed by atoms with van der Waals surface area (Å²) in [5, 5.41) is 1.54. The van der Waals surface area contributed by atoms with Crippen LogP contribution in [0.2, 0.25) is 0 Å². The predicted molar refractivity (Wildman–Crippen MR) is 122 cm³/mol. The monoisotopic (exact) mass is 451 g/mol. The first-order chi connectivity index (χ1) is 15.1. The molecule has 0 aromatic carbocycles. The average Bonchev–Trinajstić information content (AvgIpc) is 3.09. The molecule has 158 valence electrons. The maximum Gasteiger partial charge on any atom is 0.194 e. The highest BCUT2D eigenvalue weighted by molar-refractivity contribution is 7.99. The molecule has 2 fully saturated rings. The lowest BCUT2D eigenvalue weighted by Gasteiger charge is -2.21. The molecule has 4 heterocycles. The van der Waals surface area contributed by atoms with Crippen molar-refractivity contribution in [3.63, 3.8) is 0 Å². The zero-order chi connectivity index (χ0) is 21.2. The van der Waals surface area contributed by atoms with Crippen molar-refractivity contribution in [2.75, 3.05) is 18.0 Å². The number of anilines is 1. The molecule has 9 heteroatoms. The van der Waals surface area contributed by atoms with Gasteiger partial charge in [0, 0.05) is 54.5 Å². The van der Waals surface area contributed by atoms with Crippen molar-refractivity contribution in [2.45, 2.75) is 48.7 Å². The van der Waals surface area contributed by atoms with Gasteiger partial charge in [-0.1, -0.05) is 18.5 Å². The lowest BCUT2D eigenvalue weighted by Crippen LogP contribution is -2.25. The summed E-state index contributed by atoms with van der Waals surface area (Å²) in [5.74, 6) is 0.950. The molecule has 1 spiro atoms. The molecule has 7 nitrogen and oxygen atoms in total. The third-order valence-electron chi connectivity index (χ3n) is 6.73. The van der Waals surface area contributed by atoms with Crippen LogP contribution >= 0.6 is 23.4 Å². The number of allylic oxidation sites excluding steroid dienone is 1. The van der Waals surface area contributed by atoms with Gasteiger partial charge in [-0.05, 0) is 42.7 Å². The van der Waals surface area contributed by atoms with Crippen LogP contribution in [0.25, 0.3) is 16.2 Å². The van der Waals surface area contributed by atoms with Crippen LogP contribution < -0.4 is 10.6 Å². The number of aromatic nitrogens is 5. The molecule has 1 saturated carbocycles. The minimum absolute atomic E-state index is 0.258. The quantitative estimate of drug-likeness (QED) is 0.598. The summed E-state index contributed by atoms with van der Waals surface area (Å²) >= 11 is 8.30. The van der Waals surface area contributed by atoms with E-state index in [2.05, 4.69) is 26.8 Å². The Bertz CT molecular complexity index is 1250. The van der Waals surface area contributed by atoms with Gasteiger partial charge in [0.2, 0.25) is 0 Å².